The minimum Gasteiger partial charge on any atom is -0.297 e. The molecule has 1 heterocycles. The SMILES string of the molecule is CC1C2=C(C(C)C1C)C(C)N(C)C(C)C2C. The minimum atomic E-state index is 0.642. The number of hydrogen-bond acceptors (Lipinski definition) is 1. The van der Waals surface area contributed by atoms with Crippen LogP contribution in [0.3, 0.4) is 0 Å². The van der Waals surface area contributed by atoms with Crippen LogP contribution in [-0.2, 0) is 0 Å². The zero-order chi connectivity index (χ0) is 12.2. The zero-order valence-electron chi connectivity index (χ0n) is 11.9. The Morgan fingerprint density at radius 2 is 1.25 bits per heavy atom. The Labute approximate surface area is 101 Å². The van der Waals surface area contributed by atoms with E-state index in [1.807, 2.05) is 0 Å². The van der Waals surface area contributed by atoms with E-state index in [2.05, 4.69) is 53.5 Å². The summed E-state index contributed by atoms with van der Waals surface area (Å²) in [6.45, 7) is 14.5. The fourth-order valence-corrected chi connectivity index (χ4v) is 4.01. The van der Waals surface area contributed by atoms with Crippen molar-refractivity contribution in [2.75, 3.05) is 7.05 Å². The van der Waals surface area contributed by atoms with E-state index in [1.165, 1.54) is 0 Å². The van der Waals surface area contributed by atoms with Gasteiger partial charge in [-0.05, 0) is 44.6 Å². The summed E-state index contributed by atoms with van der Waals surface area (Å²) in [4.78, 5) is 2.56. The van der Waals surface area contributed by atoms with Gasteiger partial charge in [-0.25, -0.2) is 0 Å². The van der Waals surface area contributed by atoms with Crippen LogP contribution in [0.25, 0.3) is 0 Å². The van der Waals surface area contributed by atoms with E-state index in [0.29, 0.717) is 12.1 Å². The molecule has 1 aliphatic carbocycles. The van der Waals surface area contributed by atoms with E-state index in [4.69, 9.17) is 0 Å². The van der Waals surface area contributed by atoms with Gasteiger partial charge in [0.15, 0.2) is 0 Å². The van der Waals surface area contributed by atoms with Crippen molar-refractivity contribution in [3.63, 3.8) is 0 Å². The second-order valence-corrected chi connectivity index (χ2v) is 6.22. The van der Waals surface area contributed by atoms with Gasteiger partial charge in [-0.1, -0.05) is 38.8 Å². The van der Waals surface area contributed by atoms with E-state index in [9.17, 15) is 0 Å². The molecule has 92 valence electrons. The lowest BCUT2D eigenvalue weighted by atomic mass is 9.79. The molecule has 6 unspecified atom stereocenters. The van der Waals surface area contributed by atoms with Gasteiger partial charge in [-0.15, -0.1) is 0 Å². The Bertz CT molecular complexity index is 287. The van der Waals surface area contributed by atoms with Crippen molar-refractivity contribution in [1.82, 2.24) is 4.90 Å². The van der Waals surface area contributed by atoms with E-state index in [-0.39, 0.29) is 0 Å². The lowest BCUT2D eigenvalue weighted by Gasteiger charge is -2.43. The predicted molar refractivity (Wildman–Crippen MR) is 70.4 cm³/mol. The molecule has 0 spiro atoms. The molecular formula is C15H27N. The molecule has 1 aliphatic heterocycles. The largest absolute Gasteiger partial charge is 0.297 e. The Balaban J connectivity index is 2.47. The first kappa shape index (κ1) is 12.2. The van der Waals surface area contributed by atoms with E-state index in [1.54, 1.807) is 11.1 Å². The molecule has 0 radical (unpaired) electrons. The molecule has 0 aromatic heterocycles. The fourth-order valence-electron chi connectivity index (χ4n) is 4.01. The van der Waals surface area contributed by atoms with Crippen molar-refractivity contribution in [2.24, 2.45) is 23.7 Å². The molecule has 6 atom stereocenters. The fraction of sp³-hybridized carbons (Fsp3) is 0.867. The lowest BCUT2D eigenvalue weighted by Crippen LogP contribution is -2.46. The lowest BCUT2D eigenvalue weighted by molar-refractivity contribution is 0.157. The normalized spacial score (nSPS) is 49.7. The molecule has 0 aromatic rings. The van der Waals surface area contributed by atoms with Crippen LogP contribution < -0.4 is 0 Å². The third-order valence-corrected chi connectivity index (χ3v) is 5.81. The Morgan fingerprint density at radius 1 is 0.750 bits per heavy atom. The van der Waals surface area contributed by atoms with Gasteiger partial charge >= 0.3 is 0 Å². The van der Waals surface area contributed by atoms with E-state index < -0.39 is 0 Å². The first-order chi connectivity index (χ1) is 7.37. The maximum atomic E-state index is 2.56. The Morgan fingerprint density at radius 3 is 1.81 bits per heavy atom. The maximum Gasteiger partial charge on any atom is 0.0284 e. The summed E-state index contributed by atoms with van der Waals surface area (Å²) in [5.41, 5.74) is 3.55. The molecule has 2 rings (SSSR count). The van der Waals surface area contributed by atoms with E-state index >= 15 is 0 Å². The first-order valence-corrected chi connectivity index (χ1v) is 6.83. The van der Waals surface area contributed by atoms with Crippen LogP contribution in [-0.4, -0.2) is 24.0 Å². The standard InChI is InChI=1S/C15H27N/c1-8-9(2)14-11(4)12(5)16(7)13(6)15(14)10(8)3/h8-13H,1-7H3. The molecule has 2 aliphatic rings. The summed E-state index contributed by atoms with van der Waals surface area (Å²) in [5, 5.41) is 0. The summed E-state index contributed by atoms with van der Waals surface area (Å²) in [5.74, 6) is 3.13. The van der Waals surface area contributed by atoms with Gasteiger partial charge in [0.05, 0.1) is 0 Å². The minimum absolute atomic E-state index is 0.642. The summed E-state index contributed by atoms with van der Waals surface area (Å²) in [6.07, 6.45) is 0. The average molecular weight is 221 g/mol. The van der Waals surface area contributed by atoms with Crippen LogP contribution in [0.1, 0.15) is 41.5 Å². The molecule has 0 N–H and O–H groups in total. The molecule has 0 saturated heterocycles. The van der Waals surface area contributed by atoms with Crippen molar-refractivity contribution in [1.29, 1.82) is 0 Å². The van der Waals surface area contributed by atoms with Crippen molar-refractivity contribution in [3.05, 3.63) is 11.1 Å². The van der Waals surface area contributed by atoms with Crippen molar-refractivity contribution in [2.45, 2.75) is 53.6 Å². The van der Waals surface area contributed by atoms with Gasteiger partial charge in [-0.2, -0.15) is 0 Å². The highest BCUT2D eigenvalue weighted by Crippen LogP contribution is 2.50. The van der Waals surface area contributed by atoms with Gasteiger partial charge in [0, 0.05) is 12.1 Å². The summed E-state index contributed by atoms with van der Waals surface area (Å²) in [7, 11) is 2.29. The number of rotatable bonds is 0. The summed E-state index contributed by atoms with van der Waals surface area (Å²) < 4.78 is 0. The molecule has 0 amide bonds. The highest BCUT2D eigenvalue weighted by Gasteiger charge is 2.44. The third-order valence-electron chi connectivity index (χ3n) is 5.81. The Hall–Kier alpha value is -0.300. The highest BCUT2D eigenvalue weighted by atomic mass is 15.2. The molecule has 0 aromatic carbocycles. The van der Waals surface area contributed by atoms with Gasteiger partial charge in [-0.3, -0.25) is 4.90 Å². The molecule has 1 nitrogen and oxygen atoms in total. The van der Waals surface area contributed by atoms with Crippen LogP contribution in [0, 0.1) is 23.7 Å². The molecule has 1 heteroatoms. The van der Waals surface area contributed by atoms with Gasteiger partial charge in [0.2, 0.25) is 0 Å². The van der Waals surface area contributed by atoms with Crippen LogP contribution in [0.15, 0.2) is 11.1 Å². The maximum absolute atomic E-state index is 2.56. The van der Waals surface area contributed by atoms with Crippen LogP contribution in [0.5, 0.6) is 0 Å². The first-order valence-electron chi connectivity index (χ1n) is 6.83. The van der Waals surface area contributed by atoms with Crippen molar-refractivity contribution < 1.29 is 0 Å². The van der Waals surface area contributed by atoms with Crippen LogP contribution >= 0.6 is 0 Å². The predicted octanol–water partition coefficient (Wildman–Crippen LogP) is 3.56. The molecular weight excluding hydrogens is 194 g/mol. The van der Waals surface area contributed by atoms with Crippen molar-refractivity contribution >= 4 is 0 Å². The third kappa shape index (κ3) is 1.40. The molecule has 0 fully saturated rings. The number of nitrogens with zero attached hydrogens (tertiary/aromatic N) is 1. The second kappa shape index (κ2) is 3.87. The molecule has 0 bridgehead atoms. The highest BCUT2D eigenvalue weighted by molar-refractivity contribution is 5.35. The van der Waals surface area contributed by atoms with Gasteiger partial charge < -0.3 is 0 Å². The average Bonchev–Trinajstić information content (AvgIpc) is 2.48. The van der Waals surface area contributed by atoms with Crippen LogP contribution in [0.2, 0.25) is 0 Å². The second-order valence-electron chi connectivity index (χ2n) is 6.22. The molecule has 0 saturated carbocycles. The quantitative estimate of drug-likeness (QED) is 0.565. The van der Waals surface area contributed by atoms with Gasteiger partial charge in [0.1, 0.15) is 0 Å². The monoisotopic (exact) mass is 221 g/mol. The van der Waals surface area contributed by atoms with Crippen molar-refractivity contribution in [3.8, 4) is 0 Å². The smallest absolute Gasteiger partial charge is 0.0284 e. The number of likely N-dealkylation sites (N-methyl/N-ethyl adjacent to an activating group) is 1. The van der Waals surface area contributed by atoms with E-state index in [0.717, 1.165) is 23.7 Å². The zero-order valence-corrected chi connectivity index (χ0v) is 11.9. The Kier molecular flexibility index (Phi) is 2.94. The molecule has 16 heavy (non-hydrogen) atoms. The summed E-state index contributed by atoms with van der Waals surface area (Å²) >= 11 is 0. The topological polar surface area (TPSA) is 3.24 Å². The van der Waals surface area contributed by atoms with Gasteiger partial charge in [0.25, 0.3) is 0 Å². The summed E-state index contributed by atoms with van der Waals surface area (Å²) in [6, 6.07) is 1.33. The van der Waals surface area contributed by atoms with Crippen LogP contribution in [0.4, 0.5) is 0 Å². The number of hydrogen-bond donors (Lipinski definition) is 0.